The molecule has 4 saturated heterocycles. The van der Waals surface area contributed by atoms with Crippen molar-refractivity contribution in [2.75, 3.05) is 39.4 Å². The van der Waals surface area contributed by atoms with Gasteiger partial charge in [-0.1, -0.05) is 0 Å². The van der Waals surface area contributed by atoms with Gasteiger partial charge in [0.2, 0.25) is 0 Å². The Hall–Kier alpha value is -0.240. The first kappa shape index (κ1) is 14.7. The molecule has 6 heteroatoms. The van der Waals surface area contributed by atoms with Crippen LogP contribution in [0.4, 0.5) is 0 Å². The van der Waals surface area contributed by atoms with Gasteiger partial charge >= 0.3 is 0 Å². The van der Waals surface area contributed by atoms with Crippen LogP contribution < -0.4 is 10.6 Å². The van der Waals surface area contributed by atoms with E-state index in [1.807, 2.05) is 0 Å². The summed E-state index contributed by atoms with van der Waals surface area (Å²) >= 11 is 0. The van der Waals surface area contributed by atoms with Crippen molar-refractivity contribution in [2.24, 2.45) is 11.8 Å². The van der Waals surface area contributed by atoms with Crippen LogP contribution in [0, 0.1) is 11.8 Å². The van der Waals surface area contributed by atoms with Gasteiger partial charge in [-0.05, 0) is 12.8 Å². The number of hydrogen-bond acceptors (Lipinski definition) is 6. The molecule has 20 heavy (non-hydrogen) atoms. The second-order valence-electron chi connectivity index (χ2n) is 6.27. The molecule has 0 aromatic heterocycles. The molecular weight excluding hydrogens is 260 g/mol. The maximum absolute atomic E-state index is 8.78. The van der Waals surface area contributed by atoms with E-state index in [4.69, 9.17) is 19.7 Å². The lowest BCUT2D eigenvalue weighted by Crippen LogP contribution is -2.20. The van der Waals surface area contributed by atoms with Crippen LogP contribution >= 0.6 is 0 Å². The average Bonchev–Trinajstić information content (AvgIpc) is 3.17. The van der Waals surface area contributed by atoms with Crippen molar-refractivity contribution in [2.45, 2.75) is 37.3 Å². The molecule has 4 rings (SSSR count). The van der Waals surface area contributed by atoms with Gasteiger partial charge in [0.1, 0.15) is 0 Å². The Morgan fingerprint density at radius 3 is 1.55 bits per heavy atom. The Kier molecular flexibility index (Phi) is 4.91. The van der Waals surface area contributed by atoms with Gasteiger partial charge < -0.3 is 30.3 Å². The second-order valence-corrected chi connectivity index (χ2v) is 6.27. The van der Waals surface area contributed by atoms with Gasteiger partial charge in [-0.25, -0.2) is 0 Å². The van der Waals surface area contributed by atoms with Gasteiger partial charge in [-0.3, -0.25) is 0 Å². The molecule has 0 bridgehead atoms. The van der Waals surface area contributed by atoms with Crippen LogP contribution in [0.1, 0.15) is 12.8 Å². The predicted octanol–water partition coefficient (Wildman–Crippen LogP) is -1.29. The zero-order chi connectivity index (χ0) is 13.9. The fourth-order valence-electron chi connectivity index (χ4n) is 3.72. The van der Waals surface area contributed by atoms with Gasteiger partial charge in [0.25, 0.3) is 0 Å². The molecule has 2 unspecified atom stereocenters. The van der Waals surface area contributed by atoms with E-state index in [1.165, 1.54) is 0 Å². The number of aliphatic hydroxyl groups is 2. The number of hydrogen-bond donors (Lipinski definition) is 4. The first-order chi connectivity index (χ1) is 9.80. The first-order valence-corrected chi connectivity index (χ1v) is 7.74. The lowest BCUT2D eigenvalue weighted by molar-refractivity contribution is 0.0145. The van der Waals surface area contributed by atoms with Crippen LogP contribution in [0.3, 0.4) is 0 Å². The smallest absolute Gasteiger partial charge is 0.0814 e. The molecule has 6 nitrogen and oxygen atoms in total. The lowest BCUT2D eigenvalue weighted by atomic mass is 10.0. The fourth-order valence-corrected chi connectivity index (χ4v) is 3.72. The number of fused-ring (bicyclic) bond motifs is 2. The summed E-state index contributed by atoms with van der Waals surface area (Å²) in [5.74, 6) is 1.33. The van der Waals surface area contributed by atoms with Crippen molar-refractivity contribution in [3.63, 3.8) is 0 Å². The van der Waals surface area contributed by atoms with Crippen molar-refractivity contribution in [3.8, 4) is 0 Å². The topological polar surface area (TPSA) is 83.0 Å². The number of aliphatic hydroxyl groups excluding tert-OH is 2. The summed E-state index contributed by atoms with van der Waals surface area (Å²) in [6.45, 7) is 4.46. The van der Waals surface area contributed by atoms with Gasteiger partial charge in [0.15, 0.2) is 0 Å². The Morgan fingerprint density at radius 1 is 0.750 bits per heavy atom. The second kappa shape index (κ2) is 6.68. The van der Waals surface area contributed by atoms with Crippen LogP contribution in [-0.2, 0) is 9.47 Å². The molecule has 0 saturated carbocycles. The number of ether oxygens (including phenoxy) is 2. The molecular formula is C14H26N2O4. The van der Waals surface area contributed by atoms with Crippen molar-refractivity contribution in [1.82, 2.24) is 10.6 Å². The highest BCUT2D eigenvalue weighted by molar-refractivity contribution is 4.90. The summed E-state index contributed by atoms with van der Waals surface area (Å²) in [6, 6.07) is 0. The maximum Gasteiger partial charge on any atom is 0.0814 e. The van der Waals surface area contributed by atoms with E-state index in [9.17, 15) is 0 Å². The highest BCUT2D eigenvalue weighted by Crippen LogP contribution is 2.29. The molecule has 4 heterocycles. The summed E-state index contributed by atoms with van der Waals surface area (Å²) in [7, 11) is 0. The Morgan fingerprint density at radius 2 is 1.20 bits per heavy atom. The van der Waals surface area contributed by atoms with E-state index in [-0.39, 0.29) is 25.4 Å². The SMILES string of the molecule is OCC1C[C@@H]2CNC[C@@H]2O1.OCC1C[C@H]2CNC[C@H]2O1. The molecule has 4 aliphatic heterocycles. The highest BCUT2D eigenvalue weighted by Gasteiger charge is 2.38. The van der Waals surface area contributed by atoms with E-state index in [0.29, 0.717) is 24.0 Å². The van der Waals surface area contributed by atoms with Crippen LogP contribution in [0.25, 0.3) is 0 Å². The summed E-state index contributed by atoms with van der Waals surface area (Å²) in [4.78, 5) is 0. The quantitative estimate of drug-likeness (QED) is 0.506. The van der Waals surface area contributed by atoms with Crippen LogP contribution in [0.2, 0.25) is 0 Å². The third-order valence-electron chi connectivity index (χ3n) is 4.83. The molecule has 0 radical (unpaired) electrons. The monoisotopic (exact) mass is 286 g/mol. The molecule has 4 N–H and O–H groups in total. The molecule has 6 atom stereocenters. The zero-order valence-corrected chi connectivity index (χ0v) is 11.8. The van der Waals surface area contributed by atoms with Crippen molar-refractivity contribution < 1.29 is 19.7 Å². The van der Waals surface area contributed by atoms with Gasteiger partial charge in [0, 0.05) is 38.0 Å². The molecule has 0 amide bonds. The predicted molar refractivity (Wildman–Crippen MR) is 73.4 cm³/mol. The van der Waals surface area contributed by atoms with Gasteiger partial charge in [0.05, 0.1) is 37.6 Å². The van der Waals surface area contributed by atoms with E-state index in [0.717, 1.165) is 39.0 Å². The van der Waals surface area contributed by atoms with Crippen LogP contribution in [0.15, 0.2) is 0 Å². The molecule has 0 aromatic rings. The molecule has 4 aliphatic rings. The van der Waals surface area contributed by atoms with Crippen molar-refractivity contribution >= 4 is 0 Å². The minimum Gasteiger partial charge on any atom is -0.394 e. The Balaban J connectivity index is 0.000000121. The van der Waals surface area contributed by atoms with E-state index >= 15 is 0 Å². The third kappa shape index (κ3) is 3.16. The van der Waals surface area contributed by atoms with Crippen LogP contribution in [0.5, 0.6) is 0 Å². The number of nitrogens with one attached hydrogen (secondary N) is 2. The Bertz CT molecular complexity index is 264. The molecule has 4 fully saturated rings. The highest BCUT2D eigenvalue weighted by atomic mass is 16.5. The summed E-state index contributed by atoms with van der Waals surface area (Å²) in [6.07, 6.45) is 3.09. The summed E-state index contributed by atoms with van der Waals surface area (Å²) in [5.41, 5.74) is 0. The summed E-state index contributed by atoms with van der Waals surface area (Å²) in [5, 5.41) is 24.1. The Labute approximate surface area is 119 Å². The third-order valence-corrected chi connectivity index (χ3v) is 4.83. The maximum atomic E-state index is 8.78. The normalized spacial score (nSPS) is 45.9. The minimum absolute atomic E-state index is 0.122. The fraction of sp³-hybridized carbons (Fsp3) is 1.00. The summed E-state index contributed by atoms with van der Waals surface area (Å²) < 4.78 is 11.0. The minimum atomic E-state index is 0.122. The van der Waals surface area contributed by atoms with Gasteiger partial charge in [-0.15, -0.1) is 0 Å². The molecule has 116 valence electrons. The van der Waals surface area contributed by atoms with Crippen LogP contribution in [-0.4, -0.2) is 74.0 Å². The lowest BCUT2D eigenvalue weighted by Gasteiger charge is -2.07. The average molecular weight is 286 g/mol. The largest absolute Gasteiger partial charge is 0.394 e. The zero-order valence-electron chi connectivity index (χ0n) is 11.8. The first-order valence-electron chi connectivity index (χ1n) is 7.74. The molecule has 0 aliphatic carbocycles. The standard InChI is InChI=1S/2C7H13NO2/c2*9-4-6-1-5-2-8-3-7(5)10-6/h2*5-9H,1-4H2/t2*5-,6?,7+/m10/s1. The molecule has 0 spiro atoms. The van der Waals surface area contributed by atoms with E-state index in [1.54, 1.807) is 0 Å². The van der Waals surface area contributed by atoms with E-state index in [2.05, 4.69) is 10.6 Å². The van der Waals surface area contributed by atoms with Crippen molar-refractivity contribution in [1.29, 1.82) is 0 Å². The molecule has 0 aromatic carbocycles. The van der Waals surface area contributed by atoms with Gasteiger partial charge in [-0.2, -0.15) is 0 Å². The van der Waals surface area contributed by atoms with Crippen molar-refractivity contribution in [3.05, 3.63) is 0 Å². The number of rotatable bonds is 2. The van der Waals surface area contributed by atoms with E-state index < -0.39 is 0 Å².